The molecular formula is C21H25BrO. The molecule has 2 atom stereocenters. The van der Waals surface area contributed by atoms with Gasteiger partial charge in [-0.05, 0) is 54.0 Å². The molecule has 0 saturated carbocycles. The fraction of sp³-hybridized carbons (Fsp3) is 0.429. The lowest BCUT2D eigenvalue weighted by Gasteiger charge is -2.29. The quantitative estimate of drug-likeness (QED) is 0.562. The second-order valence-electron chi connectivity index (χ2n) is 6.54. The molecule has 0 aromatic heterocycles. The normalized spacial score (nSPS) is 21.3. The van der Waals surface area contributed by atoms with Crippen molar-refractivity contribution in [3.8, 4) is 11.1 Å². The number of hydrogen-bond acceptors (Lipinski definition) is 1. The molecule has 0 N–H and O–H groups in total. The zero-order chi connectivity index (χ0) is 16.1. The molecule has 0 radical (unpaired) electrons. The Morgan fingerprint density at radius 3 is 2.17 bits per heavy atom. The zero-order valence-corrected chi connectivity index (χ0v) is 15.4. The number of benzene rings is 2. The van der Waals surface area contributed by atoms with E-state index < -0.39 is 0 Å². The molecule has 0 bridgehead atoms. The van der Waals surface area contributed by atoms with Crippen LogP contribution in [0.25, 0.3) is 11.1 Å². The van der Waals surface area contributed by atoms with Gasteiger partial charge in [-0.15, -0.1) is 0 Å². The summed E-state index contributed by atoms with van der Waals surface area (Å²) in [6.45, 7) is 3.19. The summed E-state index contributed by atoms with van der Waals surface area (Å²) in [5.74, 6) is 0.772. The Bertz CT molecular complexity index is 595. The maximum Gasteiger partial charge on any atom is 0.0825 e. The van der Waals surface area contributed by atoms with Gasteiger partial charge in [0.15, 0.2) is 0 Å². The average Bonchev–Trinajstić information content (AvgIpc) is 2.61. The van der Waals surface area contributed by atoms with Crippen LogP contribution in [-0.4, -0.2) is 6.61 Å². The molecule has 1 aliphatic heterocycles. The molecule has 0 spiro atoms. The summed E-state index contributed by atoms with van der Waals surface area (Å²) in [7, 11) is 0. The van der Waals surface area contributed by atoms with Crippen LogP contribution in [0.5, 0.6) is 0 Å². The standard InChI is InChI=1S/C21H25BrO/c1-2-3-4-16-5-14-21(23-15-16)19-8-6-17(7-9-19)18-10-12-20(22)13-11-18/h6-13,16,21H,2-5,14-15H2,1H3. The van der Waals surface area contributed by atoms with E-state index in [1.807, 2.05) is 0 Å². The molecule has 1 aliphatic rings. The lowest BCUT2D eigenvalue weighted by atomic mass is 9.91. The Hall–Kier alpha value is -1.12. The Kier molecular flexibility index (Phi) is 5.91. The first-order valence-corrected chi connectivity index (χ1v) is 9.53. The summed E-state index contributed by atoms with van der Waals surface area (Å²) >= 11 is 3.49. The summed E-state index contributed by atoms with van der Waals surface area (Å²) in [6, 6.07) is 17.4. The molecule has 2 heteroatoms. The molecule has 0 amide bonds. The monoisotopic (exact) mass is 372 g/mol. The molecule has 0 aliphatic carbocycles. The van der Waals surface area contributed by atoms with Crippen LogP contribution in [0.15, 0.2) is 53.0 Å². The molecule has 2 unspecified atom stereocenters. The van der Waals surface area contributed by atoms with Crippen LogP contribution >= 0.6 is 15.9 Å². The van der Waals surface area contributed by atoms with Crippen molar-refractivity contribution in [3.05, 3.63) is 58.6 Å². The highest BCUT2D eigenvalue weighted by molar-refractivity contribution is 9.10. The fourth-order valence-electron chi connectivity index (χ4n) is 3.32. The smallest absolute Gasteiger partial charge is 0.0825 e. The molecule has 1 nitrogen and oxygen atoms in total. The molecule has 1 saturated heterocycles. The number of unbranched alkanes of at least 4 members (excludes halogenated alkanes) is 1. The minimum atomic E-state index is 0.284. The summed E-state index contributed by atoms with van der Waals surface area (Å²) in [6.07, 6.45) is 6.70. The Balaban J connectivity index is 1.61. The van der Waals surface area contributed by atoms with Crippen molar-refractivity contribution >= 4 is 15.9 Å². The summed E-state index contributed by atoms with van der Waals surface area (Å²) in [5, 5.41) is 0. The number of ether oxygens (including phenoxy) is 1. The number of rotatable bonds is 5. The first kappa shape index (κ1) is 16.7. The largest absolute Gasteiger partial charge is 0.373 e. The van der Waals surface area contributed by atoms with E-state index in [1.165, 1.54) is 42.4 Å². The minimum absolute atomic E-state index is 0.284. The number of hydrogen-bond donors (Lipinski definition) is 0. The van der Waals surface area contributed by atoms with Gasteiger partial charge < -0.3 is 4.74 Å². The first-order chi connectivity index (χ1) is 11.3. The van der Waals surface area contributed by atoms with Gasteiger partial charge >= 0.3 is 0 Å². The summed E-state index contributed by atoms with van der Waals surface area (Å²) in [5.41, 5.74) is 3.83. The van der Waals surface area contributed by atoms with Gasteiger partial charge in [-0.3, -0.25) is 0 Å². The van der Waals surface area contributed by atoms with Gasteiger partial charge in [-0.25, -0.2) is 0 Å². The van der Waals surface area contributed by atoms with Crippen molar-refractivity contribution in [1.82, 2.24) is 0 Å². The molecule has 1 fully saturated rings. The SMILES string of the molecule is CCCCC1CCC(c2ccc(-c3ccc(Br)cc3)cc2)OC1. The first-order valence-electron chi connectivity index (χ1n) is 8.73. The minimum Gasteiger partial charge on any atom is -0.373 e. The van der Waals surface area contributed by atoms with E-state index in [2.05, 4.69) is 71.4 Å². The van der Waals surface area contributed by atoms with Gasteiger partial charge in [0.1, 0.15) is 0 Å². The lowest BCUT2D eigenvalue weighted by Crippen LogP contribution is -2.20. The molecule has 2 aromatic carbocycles. The maximum absolute atomic E-state index is 6.13. The highest BCUT2D eigenvalue weighted by Gasteiger charge is 2.22. The topological polar surface area (TPSA) is 9.23 Å². The Labute approximate surface area is 148 Å². The molecule has 23 heavy (non-hydrogen) atoms. The average molecular weight is 373 g/mol. The van der Waals surface area contributed by atoms with Crippen molar-refractivity contribution in [2.75, 3.05) is 6.61 Å². The van der Waals surface area contributed by atoms with Crippen LogP contribution in [0.2, 0.25) is 0 Å². The van der Waals surface area contributed by atoms with Gasteiger partial charge in [0, 0.05) is 4.47 Å². The highest BCUT2D eigenvalue weighted by atomic mass is 79.9. The third kappa shape index (κ3) is 4.45. The molecular weight excluding hydrogens is 348 g/mol. The molecule has 3 rings (SSSR count). The van der Waals surface area contributed by atoms with E-state index in [0.29, 0.717) is 0 Å². The third-order valence-electron chi connectivity index (χ3n) is 4.80. The van der Waals surface area contributed by atoms with Crippen molar-refractivity contribution in [3.63, 3.8) is 0 Å². The van der Waals surface area contributed by atoms with E-state index in [1.54, 1.807) is 0 Å². The van der Waals surface area contributed by atoms with E-state index in [0.717, 1.165) is 23.4 Å². The van der Waals surface area contributed by atoms with Crippen LogP contribution in [0.1, 0.15) is 50.7 Å². The van der Waals surface area contributed by atoms with E-state index >= 15 is 0 Å². The maximum atomic E-state index is 6.13. The van der Waals surface area contributed by atoms with Gasteiger partial charge in [0.05, 0.1) is 12.7 Å². The van der Waals surface area contributed by atoms with Crippen LogP contribution in [0.3, 0.4) is 0 Å². The highest BCUT2D eigenvalue weighted by Crippen LogP contribution is 2.33. The van der Waals surface area contributed by atoms with Gasteiger partial charge in [-0.2, -0.15) is 0 Å². The predicted molar refractivity (Wildman–Crippen MR) is 101 cm³/mol. The van der Waals surface area contributed by atoms with Crippen LogP contribution in [-0.2, 0) is 4.74 Å². The zero-order valence-electron chi connectivity index (χ0n) is 13.8. The Morgan fingerprint density at radius 1 is 0.957 bits per heavy atom. The molecule has 2 aromatic rings. The van der Waals surface area contributed by atoms with Gasteiger partial charge in [-0.1, -0.05) is 72.1 Å². The van der Waals surface area contributed by atoms with E-state index in [4.69, 9.17) is 4.74 Å². The van der Waals surface area contributed by atoms with Crippen LogP contribution < -0.4 is 0 Å². The van der Waals surface area contributed by atoms with E-state index in [9.17, 15) is 0 Å². The van der Waals surface area contributed by atoms with Crippen molar-refractivity contribution in [1.29, 1.82) is 0 Å². The molecule has 122 valence electrons. The lowest BCUT2D eigenvalue weighted by molar-refractivity contribution is -0.0197. The second kappa shape index (κ2) is 8.12. The van der Waals surface area contributed by atoms with Crippen molar-refractivity contribution in [2.24, 2.45) is 5.92 Å². The molecule has 1 heterocycles. The van der Waals surface area contributed by atoms with Crippen LogP contribution in [0, 0.1) is 5.92 Å². The van der Waals surface area contributed by atoms with Crippen molar-refractivity contribution < 1.29 is 4.74 Å². The van der Waals surface area contributed by atoms with Crippen LogP contribution in [0.4, 0.5) is 0 Å². The number of halogens is 1. The Morgan fingerprint density at radius 2 is 1.61 bits per heavy atom. The van der Waals surface area contributed by atoms with Gasteiger partial charge in [0.2, 0.25) is 0 Å². The van der Waals surface area contributed by atoms with Gasteiger partial charge in [0.25, 0.3) is 0 Å². The second-order valence-corrected chi connectivity index (χ2v) is 7.45. The van der Waals surface area contributed by atoms with E-state index in [-0.39, 0.29) is 6.10 Å². The predicted octanol–water partition coefficient (Wildman–Crippen LogP) is 6.77. The van der Waals surface area contributed by atoms with Crippen molar-refractivity contribution in [2.45, 2.75) is 45.1 Å². The third-order valence-corrected chi connectivity index (χ3v) is 5.32. The summed E-state index contributed by atoms with van der Waals surface area (Å²) in [4.78, 5) is 0. The fourth-order valence-corrected chi connectivity index (χ4v) is 3.59. The summed E-state index contributed by atoms with van der Waals surface area (Å²) < 4.78 is 7.25.